The topological polar surface area (TPSA) is 63.0 Å². The van der Waals surface area contributed by atoms with E-state index in [2.05, 4.69) is 0 Å². The van der Waals surface area contributed by atoms with Crippen molar-refractivity contribution in [1.29, 1.82) is 0 Å². The van der Waals surface area contributed by atoms with E-state index in [0.717, 1.165) is 0 Å². The van der Waals surface area contributed by atoms with Gasteiger partial charge in [-0.2, -0.15) is 0 Å². The summed E-state index contributed by atoms with van der Waals surface area (Å²) in [4.78, 5) is 0. The van der Waals surface area contributed by atoms with Crippen LogP contribution in [0.5, 0.6) is 0 Å². The quantitative estimate of drug-likeness (QED) is 0.489. The molecule has 0 aliphatic rings. The Morgan fingerprint density at radius 3 is 0.833 bits per heavy atom. The molecule has 0 saturated carbocycles. The first-order chi connectivity index (χ1) is 1.73. The van der Waals surface area contributed by atoms with Gasteiger partial charge in [0.05, 0.1) is 0 Å². The molecule has 0 aromatic heterocycles. The van der Waals surface area contributed by atoms with Crippen molar-refractivity contribution in [3.05, 3.63) is 0 Å². The molecule has 0 atom stereocenters. The van der Waals surface area contributed by atoms with E-state index in [1.807, 2.05) is 0 Å². The summed E-state index contributed by atoms with van der Waals surface area (Å²) in [6, 6.07) is 0. The Morgan fingerprint density at radius 1 is 0.833 bits per heavy atom. The molecule has 6 heavy (non-hydrogen) atoms. The predicted molar refractivity (Wildman–Crippen MR) is 10.6 cm³/mol. The van der Waals surface area contributed by atoms with Gasteiger partial charge in [0.25, 0.3) is 0 Å². The fraction of sp³-hybridized carbons (Fsp3) is 0. The second-order valence-electron chi connectivity index (χ2n) is 0.247. The van der Waals surface area contributed by atoms with Gasteiger partial charge in [0, 0.05) is 0 Å². The maximum atomic E-state index is 9.88. The molecule has 0 aromatic carbocycles. The molecule has 0 aliphatic heterocycles. The van der Waals surface area contributed by atoms with Gasteiger partial charge in [-0.3, -0.25) is 0 Å². The number of rotatable bonds is 0. The molecule has 2 nitrogen and oxygen atoms in total. The Hall–Kier alpha value is 0.814. The summed E-state index contributed by atoms with van der Waals surface area (Å²) in [6.45, 7) is 0. The van der Waals surface area contributed by atoms with E-state index in [-0.39, 0.29) is 11.0 Å². The molecule has 0 bridgehead atoms. The first-order valence-corrected chi connectivity index (χ1v) is 3.87. The van der Waals surface area contributed by atoms with Crippen LogP contribution < -0.4 is 0 Å². The van der Waals surface area contributed by atoms with Gasteiger partial charge in [0.1, 0.15) is 0 Å². The van der Waals surface area contributed by atoms with Crippen molar-refractivity contribution in [3.63, 3.8) is 0 Å². The number of halogens is 3. The zero-order valence-corrected chi connectivity index (χ0v) is 5.55. The normalized spacial score (nSPS) is 4.50. The molecule has 0 saturated heterocycles. The van der Waals surface area contributed by atoms with Crippen molar-refractivity contribution in [2.24, 2.45) is 0 Å². The molecular weight excluding hydrogens is 178 g/mol. The van der Waals surface area contributed by atoms with Crippen molar-refractivity contribution in [2.75, 3.05) is 0 Å². The summed E-state index contributed by atoms with van der Waals surface area (Å²) in [6.07, 6.45) is 0. The SMILES string of the molecule is O.O.[F][Y]([F])[F]. The zero-order chi connectivity index (χ0) is 3.58. The second-order valence-corrected chi connectivity index (χ2v) is 1.46. The van der Waals surface area contributed by atoms with Gasteiger partial charge in [0.15, 0.2) is 0 Å². The van der Waals surface area contributed by atoms with Gasteiger partial charge >= 0.3 is 35.3 Å². The molecule has 0 heterocycles. The van der Waals surface area contributed by atoms with Crippen LogP contribution in [0.1, 0.15) is 0 Å². The molecule has 0 rings (SSSR count). The van der Waals surface area contributed by atoms with Crippen LogP contribution in [-0.4, -0.2) is 11.0 Å². The molecule has 0 aromatic rings. The van der Waals surface area contributed by atoms with Gasteiger partial charge in [-0.15, -0.1) is 0 Å². The summed E-state index contributed by atoms with van der Waals surface area (Å²) < 4.78 is 29.6. The standard InChI is InChI=1S/3FH.2H2O.Y/h3*1H;2*1H2;/q;;;;;+3/p-3. The van der Waals surface area contributed by atoms with E-state index in [0.29, 0.717) is 0 Å². The Labute approximate surface area is 46.4 Å². The summed E-state index contributed by atoms with van der Waals surface area (Å²) in [7, 11) is 0. The molecule has 40 valence electrons. The maximum absolute atomic E-state index is 9.88. The fourth-order valence-corrected chi connectivity index (χ4v) is 0. The van der Waals surface area contributed by atoms with Gasteiger partial charge < -0.3 is 11.0 Å². The Morgan fingerprint density at radius 2 is 0.833 bits per heavy atom. The van der Waals surface area contributed by atoms with Gasteiger partial charge in [-0.1, -0.05) is 0 Å². The number of hydrogen-bond donors (Lipinski definition) is 0. The van der Waals surface area contributed by atoms with E-state index < -0.39 is 29.6 Å². The first-order valence-electron chi connectivity index (χ1n) is 0.655. The first kappa shape index (κ1) is 15.8. The van der Waals surface area contributed by atoms with Crippen LogP contribution in [0.2, 0.25) is 0 Å². The van der Waals surface area contributed by atoms with Crippen LogP contribution in [0, 0.1) is 0 Å². The third-order valence-corrected chi connectivity index (χ3v) is 0. The molecule has 6 heteroatoms. The number of hydrogen-bond acceptors (Lipinski definition) is 0. The van der Waals surface area contributed by atoms with E-state index >= 15 is 0 Å². The van der Waals surface area contributed by atoms with Crippen molar-refractivity contribution >= 4 is 0 Å². The predicted octanol–water partition coefficient (Wildman–Crippen LogP) is -0.391. The molecular formula is H4F3O2Y. The van der Waals surface area contributed by atoms with Crippen molar-refractivity contribution in [3.8, 4) is 0 Å². The van der Waals surface area contributed by atoms with Crippen LogP contribution >= 0.6 is 0 Å². The molecule has 0 unspecified atom stereocenters. The Balaban J connectivity index is -0.0000000450. The second kappa shape index (κ2) is 9.26. The van der Waals surface area contributed by atoms with E-state index in [4.69, 9.17) is 0 Å². The van der Waals surface area contributed by atoms with E-state index in [9.17, 15) is 5.77 Å². The van der Waals surface area contributed by atoms with E-state index in [1.165, 1.54) is 0 Å². The monoisotopic (exact) mass is 182 g/mol. The zero-order valence-electron chi connectivity index (χ0n) is 2.71. The molecule has 0 amide bonds. The average Bonchev–Trinajstić information content (AvgIpc) is 0.811. The molecule has 0 radical (unpaired) electrons. The minimum atomic E-state index is -5.14. The molecule has 0 fully saturated rings. The summed E-state index contributed by atoms with van der Waals surface area (Å²) in [5, 5.41) is 0. The minimum absolute atomic E-state index is 0. The van der Waals surface area contributed by atoms with Crippen molar-refractivity contribution in [2.45, 2.75) is 0 Å². The van der Waals surface area contributed by atoms with Crippen LogP contribution in [0.4, 0.5) is 5.77 Å². The Kier molecular flexibility index (Phi) is 24.4. The van der Waals surface area contributed by atoms with Gasteiger partial charge in [-0.25, -0.2) is 0 Å². The fourth-order valence-electron chi connectivity index (χ4n) is 0. The summed E-state index contributed by atoms with van der Waals surface area (Å²) >= 11 is -5.14. The summed E-state index contributed by atoms with van der Waals surface area (Å²) in [5.41, 5.74) is 0. The third-order valence-electron chi connectivity index (χ3n) is 0. The van der Waals surface area contributed by atoms with Crippen LogP contribution in [0.25, 0.3) is 0 Å². The van der Waals surface area contributed by atoms with Crippen LogP contribution in [0.15, 0.2) is 0 Å². The van der Waals surface area contributed by atoms with Gasteiger partial charge in [0.2, 0.25) is 0 Å². The van der Waals surface area contributed by atoms with Gasteiger partial charge in [-0.05, 0) is 0 Å². The van der Waals surface area contributed by atoms with Crippen LogP contribution in [-0.2, 0) is 29.6 Å². The van der Waals surface area contributed by atoms with Crippen LogP contribution in [0.3, 0.4) is 0 Å². The third kappa shape index (κ3) is 106. The van der Waals surface area contributed by atoms with Crippen molar-refractivity contribution in [1.82, 2.24) is 0 Å². The summed E-state index contributed by atoms with van der Waals surface area (Å²) in [5.74, 6) is 0. The molecule has 0 spiro atoms. The van der Waals surface area contributed by atoms with Crippen molar-refractivity contribution < 1.29 is 46.3 Å². The van der Waals surface area contributed by atoms with E-state index in [1.54, 1.807) is 0 Å². The Bertz CT molecular complexity index is 13.5. The molecule has 4 N–H and O–H groups in total. The average molecular weight is 182 g/mol. The molecule has 0 aliphatic carbocycles.